The summed E-state index contributed by atoms with van der Waals surface area (Å²) in [7, 11) is 0. The van der Waals surface area contributed by atoms with Gasteiger partial charge in [0.1, 0.15) is 22.3 Å². The standard InChI is InChI=1S/C52H31NO2/c1-3-11-41-39(9-1)40-10-2-4-12-42(40)46-29-35-27-33(17-18-34(35)28-45(41)46)32-19-21-36(22-20-32)53(37-23-25-51-47(30-37)43-13-5-7-15-49(43)54-51)38-24-26-52-48(31-38)44-14-6-8-16-50(44)55-52/h1-31H. The Hall–Kier alpha value is -7.36. The second-order valence-corrected chi connectivity index (χ2v) is 14.5. The molecule has 0 aliphatic heterocycles. The average Bonchev–Trinajstić information content (AvgIpc) is 3.81. The SMILES string of the molecule is c1ccc2c(c1)oc1ccc(N(c3ccc(-c4ccc5cc6c7ccccc7c7ccccc7c6cc5c4)cc3)c3ccc4oc5ccccc5c4c3)cc12. The molecule has 3 nitrogen and oxygen atoms in total. The fourth-order valence-corrected chi connectivity index (χ4v) is 8.79. The van der Waals surface area contributed by atoms with Crippen molar-refractivity contribution in [2.75, 3.05) is 4.90 Å². The molecule has 3 heteroatoms. The van der Waals surface area contributed by atoms with E-state index in [9.17, 15) is 0 Å². The molecule has 0 aliphatic rings. The van der Waals surface area contributed by atoms with Crippen LogP contribution in [0.5, 0.6) is 0 Å². The van der Waals surface area contributed by atoms with Crippen LogP contribution in [0.25, 0.3) is 98.1 Å². The normalized spacial score (nSPS) is 12.0. The highest BCUT2D eigenvalue weighted by Gasteiger charge is 2.18. The minimum atomic E-state index is 0.877. The van der Waals surface area contributed by atoms with Gasteiger partial charge in [0.25, 0.3) is 0 Å². The minimum Gasteiger partial charge on any atom is -0.456 e. The summed E-state index contributed by atoms with van der Waals surface area (Å²) in [6, 6.07) is 67.5. The first kappa shape index (κ1) is 30.1. The summed E-state index contributed by atoms with van der Waals surface area (Å²) in [6.45, 7) is 0. The third-order valence-electron chi connectivity index (χ3n) is 11.4. The van der Waals surface area contributed by atoms with Crippen LogP contribution in [0.2, 0.25) is 0 Å². The van der Waals surface area contributed by atoms with Crippen LogP contribution < -0.4 is 4.90 Å². The Morgan fingerprint density at radius 2 is 0.673 bits per heavy atom. The Morgan fingerprint density at radius 3 is 1.22 bits per heavy atom. The van der Waals surface area contributed by atoms with Gasteiger partial charge in [-0.15, -0.1) is 0 Å². The van der Waals surface area contributed by atoms with Crippen molar-refractivity contribution in [3.8, 4) is 11.1 Å². The lowest BCUT2D eigenvalue weighted by molar-refractivity contribution is 0.668. The van der Waals surface area contributed by atoms with Gasteiger partial charge in [-0.2, -0.15) is 0 Å². The predicted molar refractivity (Wildman–Crippen MR) is 231 cm³/mol. The molecule has 12 rings (SSSR count). The smallest absolute Gasteiger partial charge is 0.135 e. The van der Waals surface area contributed by atoms with Crippen molar-refractivity contribution in [3.05, 3.63) is 188 Å². The third-order valence-corrected chi connectivity index (χ3v) is 11.4. The molecule has 0 unspecified atom stereocenters. The number of furan rings is 2. The van der Waals surface area contributed by atoms with Crippen molar-refractivity contribution in [2.45, 2.75) is 0 Å². The van der Waals surface area contributed by atoms with Crippen LogP contribution >= 0.6 is 0 Å². The molecule has 0 bridgehead atoms. The first-order valence-electron chi connectivity index (χ1n) is 18.7. The summed E-state index contributed by atoms with van der Waals surface area (Å²) in [5.41, 5.74) is 9.06. The molecule has 0 spiro atoms. The van der Waals surface area contributed by atoms with Gasteiger partial charge < -0.3 is 13.7 Å². The maximum Gasteiger partial charge on any atom is 0.135 e. The zero-order valence-electron chi connectivity index (χ0n) is 29.7. The molecule has 0 saturated carbocycles. The molecule has 0 N–H and O–H groups in total. The van der Waals surface area contributed by atoms with E-state index in [1.54, 1.807) is 0 Å². The van der Waals surface area contributed by atoms with Crippen molar-refractivity contribution >= 4 is 104 Å². The van der Waals surface area contributed by atoms with Crippen molar-refractivity contribution in [1.29, 1.82) is 0 Å². The van der Waals surface area contributed by atoms with E-state index in [4.69, 9.17) is 8.83 Å². The van der Waals surface area contributed by atoms with E-state index in [0.717, 1.165) is 60.9 Å². The van der Waals surface area contributed by atoms with Gasteiger partial charge in [-0.3, -0.25) is 0 Å². The molecule has 2 aromatic heterocycles. The van der Waals surface area contributed by atoms with Crippen LogP contribution in [0.15, 0.2) is 197 Å². The van der Waals surface area contributed by atoms with Crippen molar-refractivity contribution in [1.82, 2.24) is 0 Å². The number of hydrogen-bond acceptors (Lipinski definition) is 3. The maximum atomic E-state index is 6.22. The van der Waals surface area contributed by atoms with Crippen LogP contribution in [0.4, 0.5) is 17.1 Å². The molecule has 256 valence electrons. The van der Waals surface area contributed by atoms with Crippen LogP contribution in [-0.2, 0) is 0 Å². The zero-order chi connectivity index (χ0) is 36.0. The summed E-state index contributed by atoms with van der Waals surface area (Å²) < 4.78 is 12.4. The molecular weight excluding hydrogens is 671 g/mol. The van der Waals surface area contributed by atoms with Crippen LogP contribution in [0, 0.1) is 0 Å². The molecule has 2 heterocycles. The third kappa shape index (κ3) is 4.63. The van der Waals surface area contributed by atoms with E-state index >= 15 is 0 Å². The lowest BCUT2D eigenvalue weighted by Gasteiger charge is -2.26. The lowest BCUT2D eigenvalue weighted by Crippen LogP contribution is -2.09. The predicted octanol–water partition coefficient (Wildman–Crippen LogP) is 15.2. The largest absolute Gasteiger partial charge is 0.456 e. The van der Waals surface area contributed by atoms with E-state index in [0.29, 0.717) is 0 Å². The minimum absolute atomic E-state index is 0.877. The summed E-state index contributed by atoms with van der Waals surface area (Å²) in [5, 5.41) is 14.6. The van der Waals surface area contributed by atoms with E-state index in [-0.39, 0.29) is 0 Å². The Balaban J connectivity index is 0.997. The first-order valence-corrected chi connectivity index (χ1v) is 18.7. The van der Waals surface area contributed by atoms with E-state index in [1.165, 1.54) is 54.2 Å². The summed E-state index contributed by atoms with van der Waals surface area (Å²) in [6.07, 6.45) is 0. The van der Waals surface area contributed by atoms with Crippen LogP contribution in [0.1, 0.15) is 0 Å². The van der Waals surface area contributed by atoms with E-state index < -0.39 is 0 Å². The average molecular weight is 702 g/mol. The van der Waals surface area contributed by atoms with Crippen LogP contribution in [-0.4, -0.2) is 0 Å². The highest BCUT2D eigenvalue weighted by molar-refractivity contribution is 6.27. The monoisotopic (exact) mass is 701 g/mol. The molecule has 0 radical (unpaired) electrons. The van der Waals surface area contributed by atoms with Gasteiger partial charge in [-0.05, 0) is 133 Å². The number of para-hydroxylation sites is 2. The number of nitrogens with zero attached hydrogens (tertiary/aromatic N) is 1. The molecule has 10 aromatic carbocycles. The Bertz CT molecular complexity index is 3380. The van der Waals surface area contributed by atoms with Crippen LogP contribution in [0.3, 0.4) is 0 Å². The molecule has 0 amide bonds. The van der Waals surface area contributed by atoms with Gasteiger partial charge in [-0.1, -0.05) is 109 Å². The highest BCUT2D eigenvalue weighted by Crippen LogP contribution is 2.42. The van der Waals surface area contributed by atoms with Gasteiger partial charge >= 0.3 is 0 Å². The highest BCUT2D eigenvalue weighted by atomic mass is 16.3. The van der Waals surface area contributed by atoms with Crippen molar-refractivity contribution < 1.29 is 8.83 Å². The van der Waals surface area contributed by atoms with Gasteiger partial charge in [0.15, 0.2) is 0 Å². The van der Waals surface area contributed by atoms with E-state index in [1.807, 2.05) is 24.3 Å². The Labute approximate surface area is 315 Å². The van der Waals surface area contributed by atoms with Crippen molar-refractivity contribution in [2.24, 2.45) is 0 Å². The maximum absolute atomic E-state index is 6.22. The lowest BCUT2D eigenvalue weighted by atomic mass is 9.91. The molecule has 0 atom stereocenters. The number of anilines is 3. The quantitative estimate of drug-likeness (QED) is 0.135. The molecule has 0 saturated heterocycles. The second-order valence-electron chi connectivity index (χ2n) is 14.5. The molecule has 55 heavy (non-hydrogen) atoms. The first-order chi connectivity index (χ1) is 27.2. The molecule has 12 aromatic rings. The number of rotatable bonds is 4. The zero-order valence-corrected chi connectivity index (χ0v) is 29.7. The fourth-order valence-electron chi connectivity index (χ4n) is 8.79. The second kappa shape index (κ2) is 11.6. The Kier molecular flexibility index (Phi) is 6.34. The summed E-state index contributed by atoms with van der Waals surface area (Å²) >= 11 is 0. The van der Waals surface area contributed by atoms with Gasteiger partial charge in [0.2, 0.25) is 0 Å². The molecule has 0 fully saturated rings. The van der Waals surface area contributed by atoms with E-state index in [2.05, 4.69) is 169 Å². The number of fused-ring (bicyclic) bond motifs is 13. The Morgan fingerprint density at radius 1 is 0.255 bits per heavy atom. The molecular formula is C52H31NO2. The summed E-state index contributed by atoms with van der Waals surface area (Å²) in [4.78, 5) is 2.33. The van der Waals surface area contributed by atoms with Crippen molar-refractivity contribution in [3.63, 3.8) is 0 Å². The topological polar surface area (TPSA) is 29.5 Å². The molecule has 0 aliphatic carbocycles. The fraction of sp³-hybridized carbons (Fsp3) is 0. The van der Waals surface area contributed by atoms with Gasteiger partial charge in [0, 0.05) is 38.6 Å². The van der Waals surface area contributed by atoms with Gasteiger partial charge in [0.05, 0.1) is 0 Å². The number of benzene rings is 10. The number of hydrogen-bond donors (Lipinski definition) is 0. The summed E-state index contributed by atoms with van der Waals surface area (Å²) in [5.74, 6) is 0. The van der Waals surface area contributed by atoms with Gasteiger partial charge in [-0.25, -0.2) is 0 Å².